The first-order valence-electron chi connectivity index (χ1n) is 5.58. The van der Waals surface area contributed by atoms with Crippen LogP contribution >= 0.6 is 11.6 Å². The summed E-state index contributed by atoms with van der Waals surface area (Å²) in [5.74, 6) is 0.437. The Hall–Kier alpha value is -0.580. The second-order valence-corrected chi connectivity index (χ2v) is 6.31. The number of sulfonamides is 1. The van der Waals surface area contributed by atoms with Gasteiger partial charge in [-0.25, -0.2) is 13.1 Å². The van der Waals surface area contributed by atoms with E-state index in [4.69, 9.17) is 11.6 Å². The first kappa shape index (κ1) is 14.5. The molecule has 96 valence electrons. The lowest BCUT2D eigenvalue weighted by Crippen LogP contribution is -2.29. The van der Waals surface area contributed by atoms with Crippen LogP contribution in [0.25, 0.3) is 0 Å². The quantitative estimate of drug-likeness (QED) is 0.811. The van der Waals surface area contributed by atoms with Crippen molar-refractivity contribution in [1.29, 1.82) is 0 Å². The second kappa shape index (κ2) is 6.38. The first-order valence-corrected chi connectivity index (χ1v) is 7.76. The number of benzene rings is 1. The van der Waals surface area contributed by atoms with Gasteiger partial charge < -0.3 is 0 Å². The van der Waals surface area contributed by atoms with Crippen molar-refractivity contribution in [3.63, 3.8) is 0 Å². The van der Waals surface area contributed by atoms with E-state index in [0.29, 0.717) is 12.3 Å². The van der Waals surface area contributed by atoms with Gasteiger partial charge in [0.2, 0.25) is 10.0 Å². The van der Waals surface area contributed by atoms with Gasteiger partial charge in [-0.2, -0.15) is 0 Å². The Bertz CT molecular complexity index is 459. The molecular formula is C12H18ClNO2S. The van der Waals surface area contributed by atoms with Crippen molar-refractivity contribution < 1.29 is 8.42 Å². The molecule has 1 aromatic rings. The Kier molecular flexibility index (Phi) is 5.43. The normalized spacial score (nSPS) is 13.6. The van der Waals surface area contributed by atoms with Crippen molar-refractivity contribution in [2.45, 2.75) is 26.3 Å². The maximum atomic E-state index is 11.7. The van der Waals surface area contributed by atoms with E-state index in [1.165, 1.54) is 0 Å². The van der Waals surface area contributed by atoms with Gasteiger partial charge in [-0.1, -0.05) is 24.3 Å². The van der Waals surface area contributed by atoms with Gasteiger partial charge in [-0.15, -0.1) is 11.6 Å². The molecule has 1 rings (SSSR count). The lowest BCUT2D eigenvalue weighted by Gasteiger charge is -2.16. The highest BCUT2D eigenvalue weighted by atomic mass is 35.5. The molecule has 0 heterocycles. The van der Waals surface area contributed by atoms with E-state index in [1.54, 1.807) is 0 Å². The van der Waals surface area contributed by atoms with E-state index >= 15 is 0 Å². The van der Waals surface area contributed by atoms with Crippen molar-refractivity contribution >= 4 is 21.6 Å². The molecule has 0 bridgehead atoms. The van der Waals surface area contributed by atoms with E-state index in [9.17, 15) is 8.42 Å². The van der Waals surface area contributed by atoms with E-state index in [0.717, 1.165) is 11.1 Å². The van der Waals surface area contributed by atoms with Crippen LogP contribution < -0.4 is 4.72 Å². The van der Waals surface area contributed by atoms with Crippen molar-refractivity contribution in [3.05, 3.63) is 35.4 Å². The predicted molar refractivity (Wildman–Crippen MR) is 71.9 cm³/mol. The molecule has 5 heteroatoms. The molecule has 3 nitrogen and oxygen atoms in total. The summed E-state index contributed by atoms with van der Waals surface area (Å²) in [5, 5.41) is 0. The van der Waals surface area contributed by atoms with Gasteiger partial charge in [-0.3, -0.25) is 0 Å². The number of aryl methyl sites for hydroxylation is 1. The van der Waals surface area contributed by atoms with Crippen LogP contribution in [0.5, 0.6) is 0 Å². The number of rotatable bonds is 6. The van der Waals surface area contributed by atoms with Gasteiger partial charge in [-0.05, 0) is 31.4 Å². The zero-order valence-corrected chi connectivity index (χ0v) is 11.7. The van der Waals surface area contributed by atoms with Gasteiger partial charge in [0, 0.05) is 11.9 Å². The maximum absolute atomic E-state index is 11.7. The molecule has 0 radical (unpaired) electrons. The molecule has 1 atom stereocenters. The van der Waals surface area contributed by atoms with E-state index < -0.39 is 10.0 Å². The predicted octanol–water partition coefficient (Wildman–Crippen LogP) is 2.60. The first-order chi connectivity index (χ1) is 7.96. The van der Waals surface area contributed by atoms with Crippen LogP contribution in [0.4, 0.5) is 0 Å². The molecule has 17 heavy (non-hydrogen) atoms. The second-order valence-electron chi connectivity index (χ2n) is 4.06. The third kappa shape index (κ3) is 4.66. The van der Waals surface area contributed by atoms with Crippen molar-refractivity contribution in [1.82, 2.24) is 4.72 Å². The fourth-order valence-corrected chi connectivity index (χ4v) is 3.31. The summed E-state index contributed by atoms with van der Waals surface area (Å²) in [7, 11) is -3.24. The largest absolute Gasteiger partial charge is 0.212 e. The van der Waals surface area contributed by atoms with Gasteiger partial charge in [0.05, 0.1) is 5.75 Å². The van der Waals surface area contributed by atoms with Crippen LogP contribution in [0.2, 0.25) is 0 Å². The summed E-state index contributed by atoms with van der Waals surface area (Å²) in [6.07, 6.45) is 0.470. The van der Waals surface area contributed by atoms with Crippen molar-refractivity contribution in [3.8, 4) is 0 Å². The average molecular weight is 276 g/mol. The average Bonchev–Trinajstić information content (AvgIpc) is 2.26. The smallest absolute Gasteiger partial charge is 0.212 e. The van der Waals surface area contributed by atoms with E-state index in [2.05, 4.69) is 4.72 Å². The van der Waals surface area contributed by atoms with Gasteiger partial charge >= 0.3 is 0 Å². The molecular weight excluding hydrogens is 258 g/mol. The summed E-state index contributed by atoms with van der Waals surface area (Å²) < 4.78 is 26.1. The summed E-state index contributed by atoms with van der Waals surface area (Å²) in [6, 6.07) is 7.54. The zero-order chi connectivity index (χ0) is 12.9. The molecule has 0 unspecified atom stereocenters. The molecule has 0 spiro atoms. The molecule has 0 aromatic heterocycles. The Morgan fingerprint density at radius 3 is 2.59 bits per heavy atom. The van der Waals surface area contributed by atoms with Crippen LogP contribution in [0.15, 0.2) is 24.3 Å². The maximum Gasteiger partial charge on any atom is 0.212 e. The van der Waals surface area contributed by atoms with Crippen LogP contribution in [0, 0.1) is 6.92 Å². The number of hydrogen-bond acceptors (Lipinski definition) is 2. The number of hydrogen-bond donors (Lipinski definition) is 1. The molecule has 0 aliphatic heterocycles. The minimum Gasteiger partial charge on any atom is -0.212 e. The molecule has 0 saturated heterocycles. The van der Waals surface area contributed by atoms with E-state index in [-0.39, 0.29) is 11.8 Å². The van der Waals surface area contributed by atoms with Gasteiger partial charge in [0.25, 0.3) is 0 Å². The monoisotopic (exact) mass is 275 g/mol. The number of halogens is 1. The van der Waals surface area contributed by atoms with Crippen LogP contribution in [0.1, 0.15) is 30.5 Å². The fourth-order valence-electron chi connectivity index (χ4n) is 1.71. The van der Waals surface area contributed by atoms with Crippen LogP contribution in [-0.2, 0) is 10.0 Å². The summed E-state index contributed by atoms with van der Waals surface area (Å²) in [4.78, 5) is 0. The molecule has 0 aliphatic carbocycles. The Morgan fingerprint density at radius 1 is 1.35 bits per heavy atom. The summed E-state index contributed by atoms with van der Waals surface area (Å²) in [6.45, 7) is 3.82. The molecule has 0 amide bonds. The fraction of sp³-hybridized carbons (Fsp3) is 0.500. The molecule has 1 N–H and O–H groups in total. The lowest BCUT2D eigenvalue weighted by atomic mass is 10.0. The van der Waals surface area contributed by atoms with Crippen molar-refractivity contribution in [2.24, 2.45) is 0 Å². The Balaban J connectivity index is 2.73. The highest BCUT2D eigenvalue weighted by Gasteiger charge is 2.16. The minimum atomic E-state index is -3.24. The molecule has 0 aliphatic rings. The highest BCUT2D eigenvalue weighted by molar-refractivity contribution is 7.89. The summed E-state index contributed by atoms with van der Waals surface area (Å²) in [5.41, 5.74) is 2.09. The minimum absolute atomic E-state index is 0.0761. The standard InChI is InChI=1S/C12H18ClNO2S/c1-10-6-3-4-7-12(10)11(2)14-17(15,16)9-5-8-13/h3-4,6-7,11,14H,5,8-9H2,1-2H3/t11-/m1/s1. The molecule has 0 fully saturated rings. The molecule has 0 saturated carbocycles. The van der Waals surface area contributed by atoms with E-state index in [1.807, 2.05) is 38.1 Å². The van der Waals surface area contributed by atoms with Crippen LogP contribution in [0.3, 0.4) is 0 Å². The van der Waals surface area contributed by atoms with Crippen LogP contribution in [-0.4, -0.2) is 20.1 Å². The third-order valence-corrected chi connectivity index (χ3v) is 4.36. The van der Waals surface area contributed by atoms with Gasteiger partial charge in [0.1, 0.15) is 0 Å². The lowest BCUT2D eigenvalue weighted by molar-refractivity contribution is 0.565. The highest BCUT2D eigenvalue weighted by Crippen LogP contribution is 2.17. The zero-order valence-electron chi connectivity index (χ0n) is 10.1. The number of nitrogens with one attached hydrogen (secondary N) is 1. The Labute approximate surface area is 108 Å². The van der Waals surface area contributed by atoms with Gasteiger partial charge in [0.15, 0.2) is 0 Å². The molecule has 1 aromatic carbocycles. The SMILES string of the molecule is Cc1ccccc1[C@@H](C)NS(=O)(=O)CCCCl. The summed E-state index contributed by atoms with van der Waals surface area (Å²) >= 11 is 5.49. The topological polar surface area (TPSA) is 46.2 Å². The Morgan fingerprint density at radius 2 is 2.00 bits per heavy atom. The number of alkyl halides is 1. The van der Waals surface area contributed by atoms with Crippen molar-refractivity contribution in [2.75, 3.05) is 11.6 Å². The third-order valence-electron chi connectivity index (χ3n) is 2.56.